The Morgan fingerprint density at radius 2 is 1.82 bits per heavy atom. The Morgan fingerprint density at radius 3 is 2.36 bits per heavy atom. The first-order valence-corrected chi connectivity index (χ1v) is 4.18. The van der Waals surface area contributed by atoms with E-state index in [1.54, 1.807) is 6.92 Å². The zero-order valence-electron chi connectivity index (χ0n) is 7.12. The van der Waals surface area contributed by atoms with E-state index in [-0.39, 0.29) is 6.61 Å². The SMILES string of the molecule is CC(O)OCCCCCCO. The van der Waals surface area contributed by atoms with Crippen LogP contribution in [0, 0.1) is 0 Å². The van der Waals surface area contributed by atoms with Crippen molar-refractivity contribution in [1.82, 2.24) is 0 Å². The molecular formula is C8H18O3. The Bertz CT molecular complexity index is 73.7. The molecule has 1 unspecified atom stereocenters. The smallest absolute Gasteiger partial charge is 0.151 e. The summed E-state index contributed by atoms with van der Waals surface area (Å²) >= 11 is 0. The van der Waals surface area contributed by atoms with Crippen molar-refractivity contribution in [2.24, 2.45) is 0 Å². The van der Waals surface area contributed by atoms with Crippen LogP contribution in [0.2, 0.25) is 0 Å². The maximum Gasteiger partial charge on any atom is 0.151 e. The Hall–Kier alpha value is -0.120. The van der Waals surface area contributed by atoms with E-state index >= 15 is 0 Å². The lowest BCUT2D eigenvalue weighted by molar-refractivity contribution is -0.0859. The quantitative estimate of drug-likeness (QED) is 0.432. The molecule has 0 aliphatic heterocycles. The van der Waals surface area contributed by atoms with Crippen molar-refractivity contribution in [3.8, 4) is 0 Å². The number of aliphatic hydroxyl groups excluding tert-OH is 2. The molecule has 0 saturated carbocycles. The van der Waals surface area contributed by atoms with E-state index in [1.807, 2.05) is 0 Å². The van der Waals surface area contributed by atoms with E-state index in [0.717, 1.165) is 25.7 Å². The number of hydrogen-bond acceptors (Lipinski definition) is 3. The topological polar surface area (TPSA) is 49.7 Å². The van der Waals surface area contributed by atoms with Gasteiger partial charge in [-0.2, -0.15) is 0 Å². The maximum absolute atomic E-state index is 8.69. The predicted molar refractivity (Wildman–Crippen MR) is 43.2 cm³/mol. The molecule has 11 heavy (non-hydrogen) atoms. The standard InChI is InChI=1S/C8H18O3/c1-8(10)11-7-5-3-2-4-6-9/h8-10H,2-7H2,1H3. The molecule has 0 bridgehead atoms. The average Bonchev–Trinajstić information content (AvgIpc) is 1.96. The van der Waals surface area contributed by atoms with Crippen LogP contribution in [-0.4, -0.2) is 29.7 Å². The summed E-state index contributed by atoms with van der Waals surface area (Å²) in [6.45, 7) is 2.49. The monoisotopic (exact) mass is 162 g/mol. The predicted octanol–water partition coefficient (Wildman–Crippen LogP) is 0.894. The van der Waals surface area contributed by atoms with Gasteiger partial charge in [0.1, 0.15) is 0 Å². The van der Waals surface area contributed by atoms with Gasteiger partial charge in [0.15, 0.2) is 6.29 Å². The van der Waals surface area contributed by atoms with Crippen molar-refractivity contribution in [3.05, 3.63) is 0 Å². The normalized spacial score (nSPS) is 13.4. The van der Waals surface area contributed by atoms with Crippen LogP contribution in [-0.2, 0) is 4.74 Å². The van der Waals surface area contributed by atoms with Crippen LogP contribution in [0.3, 0.4) is 0 Å². The summed E-state index contributed by atoms with van der Waals surface area (Å²) in [5.41, 5.74) is 0. The highest BCUT2D eigenvalue weighted by Gasteiger charge is 1.93. The van der Waals surface area contributed by atoms with E-state index < -0.39 is 6.29 Å². The molecule has 0 heterocycles. The number of aliphatic hydroxyl groups is 2. The van der Waals surface area contributed by atoms with E-state index in [1.165, 1.54) is 0 Å². The molecule has 0 aromatic rings. The second kappa shape index (κ2) is 7.98. The highest BCUT2D eigenvalue weighted by atomic mass is 16.6. The van der Waals surface area contributed by atoms with Crippen LogP contribution in [0.1, 0.15) is 32.6 Å². The first-order valence-electron chi connectivity index (χ1n) is 4.18. The molecule has 0 saturated heterocycles. The number of unbranched alkanes of at least 4 members (excludes halogenated alkanes) is 3. The number of ether oxygens (including phenoxy) is 1. The van der Waals surface area contributed by atoms with Gasteiger partial charge in [-0.1, -0.05) is 12.8 Å². The largest absolute Gasteiger partial charge is 0.396 e. The van der Waals surface area contributed by atoms with Gasteiger partial charge in [0.2, 0.25) is 0 Å². The number of rotatable bonds is 7. The van der Waals surface area contributed by atoms with E-state index in [4.69, 9.17) is 14.9 Å². The van der Waals surface area contributed by atoms with Gasteiger partial charge in [-0.05, 0) is 19.8 Å². The maximum atomic E-state index is 8.69. The lowest BCUT2D eigenvalue weighted by Gasteiger charge is -2.05. The highest BCUT2D eigenvalue weighted by Crippen LogP contribution is 1.99. The first-order chi connectivity index (χ1) is 5.27. The highest BCUT2D eigenvalue weighted by molar-refractivity contribution is 4.41. The lowest BCUT2D eigenvalue weighted by atomic mass is 10.2. The molecule has 2 N–H and O–H groups in total. The third kappa shape index (κ3) is 9.88. The molecular weight excluding hydrogens is 144 g/mol. The molecule has 68 valence electrons. The average molecular weight is 162 g/mol. The summed E-state index contributed by atoms with van der Waals surface area (Å²) in [4.78, 5) is 0. The van der Waals surface area contributed by atoms with Gasteiger partial charge < -0.3 is 14.9 Å². The zero-order valence-corrected chi connectivity index (χ0v) is 7.12. The fourth-order valence-corrected chi connectivity index (χ4v) is 0.821. The van der Waals surface area contributed by atoms with Gasteiger partial charge in [0.05, 0.1) is 0 Å². The van der Waals surface area contributed by atoms with Crippen molar-refractivity contribution in [3.63, 3.8) is 0 Å². The van der Waals surface area contributed by atoms with Crippen molar-refractivity contribution in [2.45, 2.75) is 38.9 Å². The fraction of sp³-hybridized carbons (Fsp3) is 1.00. The third-order valence-electron chi connectivity index (χ3n) is 1.41. The van der Waals surface area contributed by atoms with E-state index in [9.17, 15) is 0 Å². The molecule has 0 amide bonds. The molecule has 0 fully saturated rings. The summed E-state index contributed by atoms with van der Waals surface area (Å²) in [7, 11) is 0. The Balaban J connectivity index is 2.80. The number of hydrogen-bond donors (Lipinski definition) is 2. The molecule has 0 spiro atoms. The Kier molecular flexibility index (Phi) is 7.89. The van der Waals surface area contributed by atoms with Crippen LogP contribution in [0.15, 0.2) is 0 Å². The second-order valence-corrected chi connectivity index (χ2v) is 2.61. The molecule has 0 radical (unpaired) electrons. The van der Waals surface area contributed by atoms with Crippen molar-refractivity contribution >= 4 is 0 Å². The van der Waals surface area contributed by atoms with Gasteiger partial charge in [0.25, 0.3) is 0 Å². The third-order valence-corrected chi connectivity index (χ3v) is 1.41. The molecule has 1 atom stereocenters. The zero-order chi connectivity index (χ0) is 8.53. The van der Waals surface area contributed by atoms with Gasteiger partial charge in [-0.25, -0.2) is 0 Å². The first kappa shape index (κ1) is 10.9. The van der Waals surface area contributed by atoms with Gasteiger partial charge in [-0.3, -0.25) is 0 Å². The van der Waals surface area contributed by atoms with Crippen LogP contribution in [0.25, 0.3) is 0 Å². The molecule has 3 heteroatoms. The lowest BCUT2D eigenvalue weighted by Crippen LogP contribution is -2.07. The Morgan fingerprint density at radius 1 is 1.18 bits per heavy atom. The van der Waals surface area contributed by atoms with Crippen LogP contribution >= 0.6 is 0 Å². The summed E-state index contributed by atoms with van der Waals surface area (Å²) < 4.78 is 4.92. The minimum absolute atomic E-state index is 0.275. The summed E-state index contributed by atoms with van der Waals surface area (Å²) in [6, 6.07) is 0. The summed E-state index contributed by atoms with van der Waals surface area (Å²) in [6.07, 6.45) is 3.29. The molecule has 0 rings (SSSR count). The van der Waals surface area contributed by atoms with Crippen LogP contribution in [0.4, 0.5) is 0 Å². The van der Waals surface area contributed by atoms with Crippen LogP contribution < -0.4 is 0 Å². The minimum atomic E-state index is -0.646. The van der Waals surface area contributed by atoms with E-state index in [2.05, 4.69) is 0 Å². The molecule has 0 aromatic carbocycles. The second-order valence-electron chi connectivity index (χ2n) is 2.61. The molecule has 3 nitrogen and oxygen atoms in total. The molecule has 0 aliphatic carbocycles. The van der Waals surface area contributed by atoms with Gasteiger partial charge >= 0.3 is 0 Å². The fourth-order valence-electron chi connectivity index (χ4n) is 0.821. The van der Waals surface area contributed by atoms with Gasteiger partial charge in [0, 0.05) is 13.2 Å². The van der Waals surface area contributed by atoms with E-state index in [0.29, 0.717) is 6.61 Å². The Labute approximate surface area is 68.0 Å². The molecule has 0 aromatic heterocycles. The van der Waals surface area contributed by atoms with Crippen molar-refractivity contribution in [1.29, 1.82) is 0 Å². The minimum Gasteiger partial charge on any atom is -0.396 e. The van der Waals surface area contributed by atoms with Gasteiger partial charge in [-0.15, -0.1) is 0 Å². The summed E-state index contributed by atoms with van der Waals surface area (Å²) in [5.74, 6) is 0. The van der Waals surface area contributed by atoms with Crippen LogP contribution in [0.5, 0.6) is 0 Å². The summed E-state index contributed by atoms with van der Waals surface area (Å²) in [5, 5.41) is 17.1. The van der Waals surface area contributed by atoms with Crippen molar-refractivity contribution in [2.75, 3.05) is 13.2 Å². The van der Waals surface area contributed by atoms with Crippen molar-refractivity contribution < 1.29 is 14.9 Å². The molecule has 0 aliphatic rings.